The van der Waals surface area contributed by atoms with Crippen molar-refractivity contribution in [2.45, 2.75) is 12.8 Å². The van der Waals surface area contributed by atoms with Crippen LogP contribution in [0.15, 0.2) is 27.2 Å². The summed E-state index contributed by atoms with van der Waals surface area (Å²) in [6, 6.07) is 5.58. The highest BCUT2D eigenvalue weighted by molar-refractivity contribution is 9.10. The summed E-state index contributed by atoms with van der Waals surface area (Å²) in [4.78, 5) is 4.34. The zero-order valence-corrected chi connectivity index (χ0v) is 11.8. The predicted octanol–water partition coefficient (Wildman–Crippen LogP) is 2.57. The van der Waals surface area contributed by atoms with Crippen molar-refractivity contribution in [2.75, 3.05) is 13.7 Å². The number of nitrogens with zero attached hydrogens (tertiary/aromatic N) is 2. The van der Waals surface area contributed by atoms with Crippen molar-refractivity contribution in [3.05, 3.63) is 28.5 Å². The first kappa shape index (κ1) is 13.0. The molecule has 0 radical (unpaired) electrons. The summed E-state index contributed by atoms with van der Waals surface area (Å²) in [5, 5.41) is 3.93. The first-order valence-corrected chi connectivity index (χ1v) is 6.32. The molecule has 0 amide bonds. The molecule has 2 rings (SSSR count). The molecule has 18 heavy (non-hydrogen) atoms. The van der Waals surface area contributed by atoms with Gasteiger partial charge in [0.25, 0.3) is 5.89 Å². The summed E-state index contributed by atoms with van der Waals surface area (Å²) < 4.78 is 11.3. The fraction of sp³-hybridized carbons (Fsp3) is 0.333. The van der Waals surface area contributed by atoms with Gasteiger partial charge in [0, 0.05) is 16.9 Å². The number of nitrogens with two attached hydrogens (primary N) is 1. The van der Waals surface area contributed by atoms with Crippen LogP contribution in [0.3, 0.4) is 0 Å². The van der Waals surface area contributed by atoms with E-state index in [1.807, 2.05) is 25.1 Å². The molecule has 1 heterocycles. The van der Waals surface area contributed by atoms with E-state index in [2.05, 4.69) is 26.1 Å². The van der Waals surface area contributed by atoms with Crippen molar-refractivity contribution in [3.8, 4) is 17.2 Å². The molecule has 1 aromatic heterocycles. The minimum Gasteiger partial charge on any atom is -0.497 e. The van der Waals surface area contributed by atoms with Crippen LogP contribution in [-0.2, 0) is 0 Å². The molecule has 0 spiro atoms. The molecular weight excluding hydrogens is 298 g/mol. The van der Waals surface area contributed by atoms with Gasteiger partial charge >= 0.3 is 0 Å². The maximum absolute atomic E-state index is 5.58. The van der Waals surface area contributed by atoms with Crippen LogP contribution in [0, 0.1) is 0 Å². The largest absolute Gasteiger partial charge is 0.497 e. The van der Waals surface area contributed by atoms with Crippen molar-refractivity contribution in [1.82, 2.24) is 10.1 Å². The molecule has 0 aliphatic carbocycles. The van der Waals surface area contributed by atoms with Gasteiger partial charge in [-0.25, -0.2) is 0 Å². The number of hydrogen-bond acceptors (Lipinski definition) is 5. The first-order valence-electron chi connectivity index (χ1n) is 5.53. The molecule has 1 unspecified atom stereocenters. The Morgan fingerprint density at radius 3 is 2.94 bits per heavy atom. The van der Waals surface area contributed by atoms with E-state index in [9.17, 15) is 0 Å². The fourth-order valence-corrected chi connectivity index (χ4v) is 1.86. The molecule has 6 heteroatoms. The van der Waals surface area contributed by atoms with E-state index in [1.54, 1.807) is 7.11 Å². The Kier molecular flexibility index (Phi) is 3.98. The second-order valence-corrected chi connectivity index (χ2v) is 4.79. The van der Waals surface area contributed by atoms with Gasteiger partial charge < -0.3 is 15.0 Å². The highest BCUT2D eigenvalue weighted by Gasteiger charge is 2.16. The normalized spacial score (nSPS) is 12.4. The molecule has 2 N–H and O–H groups in total. The van der Waals surface area contributed by atoms with Crippen LogP contribution in [0.25, 0.3) is 11.5 Å². The molecule has 0 aliphatic rings. The third-order valence-corrected chi connectivity index (χ3v) is 3.33. The smallest absolute Gasteiger partial charge is 0.259 e. The SMILES string of the molecule is COc1ccc(Br)c(-c2nc(C(C)CN)no2)c1. The summed E-state index contributed by atoms with van der Waals surface area (Å²) in [6.07, 6.45) is 0. The van der Waals surface area contributed by atoms with Crippen LogP contribution in [0.5, 0.6) is 5.75 Å². The van der Waals surface area contributed by atoms with Crippen LogP contribution in [0.2, 0.25) is 0 Å². The minimum atomic E-state index is 0.0758. The van der Waals surface area contributed by atoms with Gasteiger partial charge in [0.05, 0.1) is 12.7 Å². The van der Waals surface area contributed by atoms with Crippen molar-refractivity contribution in [3.63, 3.8) is 0 Å². The van der Waals surface area contributed by atoms with E-state index in [-0.39, 0.29) is 5.92 Å². The Morgan fingerprint density at radius 1 is 1.50 bits per heavy atom. The average molecular weight is 312 g/mol. The lowest BCUT2D eigenvalue weighted by atomic mass is 10.2. The van der Waals surface area contributed by atoms with Crippen molar-refractivity contribution in [1.29, 1.82) is 0 Å². The molecule has 5 nitrogen and oxygen atoms in total. The highest BCUT2D eigenvalue weighted by Crippen LogP contribution is 2.31. The zero-order chi connectivity index (χ0) is 13.1. The van der Waals surface area contributed by atoms with Gasteiger partial charge in [-0.1, -0.05) is 12.1 Å². The van der Waals surface area contributed by atoms with E-state index in [0.29, 0.717) is 18.3 Å². The Hall–Kier alpha value is -1.40. The van der Waals surface area contributed by atoms with Gasteiger partial charge in [0.2, 0.25) is 0 Å². The summed E-state index contributed by atoms with van der Waals surface area (Å²) in [6.45, 7) is 2.44. The lowest BCUT2D eigenvalue weighted by molar-refractivity contribution is 0.410. The van der Waals surface area contributed by atoms with Gasteiger partial charge in [0.15, 0.2) is 5.82 Å². The zero-order valence-electron chi connectivity index (χ0n) is 10.2. The van der Waals surface area contributed by atoms with Gasteiger partial charge in [0.1, 0.15) is 5.75 Å². The number of hydrogen-bond donors (Lipinski definition) is 1. The summed E-state index contributed by atoms with van der Waals surface area (Å²) in [5.41, 5.74) is 6.38. The van der Waals surface area contributed by atoms with E-state index in [0.717, 1.165) is 15.8 Å². The fourth-order valence-electron chi connectivity index (χ4n) is 1.45. The number of rotatable bonds is 4. The summed E-state index contributed by atoms with van der Waals surface area (Å²) >= 11 is 3.45. The average Bonchev–Trinajstić information content (AvgIpc) is 2.88. The van der Waals surface area contributed by atoms with Crippen molar-refractivity contribution < 1.29 is 9.26 Å². The molecule has 0 aliphatic heterocycles. The molecule has 1 atom stereocenters. The number of benzene rings is 1. The Bertz CT molecular complexity index is 542. The van der Waals surface area contributed by atoms with E-state index in [1.165, 1.54) is 0 Å². The van der Waals surface area contributed by atoms with E-state index < -0.39 is 0 Å². The van der Waals surface area contributed by atoms with Gasteiger partial charge in [-0.05, 0) is 34.1 Å². The molecule has 2 aromatic rings. The van der Waals surface area contributed by atoms with Crippen LogP contribution >= 0.6 is 15.9 Å². The van der Waals surface area contributed by atoms with Crippen LogP contribution in [0.1, 0.15) is 18.7 Å². The predicted molar refractivity (Wildman–Crippen MR) is 71.5 cm³/mol. The van der Waals surface area contributed by atoms with Crippen molar-refractivity contribution in [2.24, 2.45) is 5.73 Å². The van der Waals surface area contributed by atoms with Gasteiger partial charge in [-0.2, -0.15) is 4.98 Å². The second kappa shape index (κ2) is 5.49. The van der Waals surface area contributed by atoms with E-state index >= 15 is 0 Å². The second-order valence-electron chi connectivity index (χ2n) is 3.94. The molecule has 0 saturated carbocycles. The Balaban J connectivity index is 2.39. The number of halogens is 1. The minimum absolute atomic E-state index is 0.0758. The summed E-state index contributed by atoms with van der Waals surface area (Å²) in [7, 11) is 1.61. The molecule has 96 valence electrons. The monoisotopic (exact) mass is 311 g/mol. The summed E-state index contributed by atoms with van der Waals surface area (Å²) in [5.74, 6) is 1.88. The molecule has 0 saturated heterocycles. The standard InChI is InChI=1S/C12H14BrN3O2/c1-7(6-14)11-15-12(18-16-11)9-5-8(17-2)3-4-10(9)13/h3-5,7H,6,14H2,1-2H3. The van der Waals surface area contributed by atoms with Crippen LogP contribution < -0.4 is 10.5 Å². The third-order valence-electron chi connectivity index (χ3n) is 2.64. The highest BCUT2D eigenvalue weighted by atomic mass is 79.9. The Labute approximate surface area is 113 Å². The van der Waals surface area contributed by atoms with Gasteiger partial charge in [-0.3, -0.25) is 0 Å². The molecule has 0 bridgehead atoms. The van der Waals surface area contributed by atoms with E-state index in [4.69, 9.17) is 15.0 Å². The maximum Gasteiger partial charge on any atom is 0.259 e. The first-order chi connectivity index (χ1) is 8.65. The molecule has 1 aromatic carbocycles. The van der Waals surface area contributed by atoms with Crippen molar-refractivity contribution >= 4 is 15.9 Å². The molecular formula is C12H14BrN3O2. The Morgan fingerprint density at radius 2 is 2.28 bits per heavy atom. The van der Waals surface area contributed by atoms with Crippen LogP contribution in [0.4, 0.5) is 0 Å². The lowest BCUT2D eigenvalue weighted by Crippen LogP contribution is -2.10. The quantitative estimate of drug-likeness (QED) is 0.939. The number of aromatic nitrogens is 2. The topological polar surface area (TPSA) is 74.2 Å². The number of methoxy groups -OCH3 is 1. The lowest BCUT2D eigenvalue weighted by Gasteiger charge is -2.03. The molecule has 0 fully saturated rings. The number of ether oxygens (including phenoxy) is 1. The maximum atomic E-state index is 5.58. The van der Waals surface area contributed by atoms with Crippen LogP contribution in [-0.4, -0.2) is 23.8 Å². The third kappa shape index (κ3) is 2.54. The van der Waals surface area contributed by atoms with Gasteiger partial charge in [-0.15, -0.1) is 0 Å².